The summed E-state index contributed by atoms with van der Waals surface area (Å²) >= 11 is 0. The highest BCUT2D eigenvalue weighted by molar-refractivity contribution is 5.55. The summed E-state index contributed by atoms with van der Waals surface area (Å²) in [6.45, 7) is 4.44. The van der Waals surface area contributed by atoms with Crippen LogP contribution in [-0.4, -0.2) is 28.9 Å². The van der Waals surface area contributed by atoms with Gasteiger partial charge in [0.2, 0.25) is 0 Å². The molecule has 2 atom stereocenters. The smallest absolute Gasteiger partial charge is 0.159 e. The molecule has 2 unspecified atom stereocenters. The molecule has 1 aromatic heterocycles. The van der Waals surface area contributed by atoms with E-state index in [4.69, 9.17) is 4.74 Å². The average molecular weight is 503 g/mol. The van der Waals surface area contributed by atoms with E-state index in [0.29, 0.717) is 11.6 Å². The fraction of sp³-hybridized carbons (Fsp3) is 0.677. The predicted molar refractivity (Wildman–Crippen MR) is 147 cm³/mol. The number of aromatic nitrogens is 2. The number of aryl methyl sites for hydroxylation is 1. The van der Waals surface area contributed by atoms with E-state index in [1.165, 1.54) is 69.8 Å². The van der Waals surface area contributed by atoms with Gasteiger partial charge in [0.1, 0.15) is 12.3 Å². The molecular weight excluding hydrogens is 454 g/mol. The molecule has 0 radical (unpaired) electrons. The summed E-state index contributed by atoms with van der Waals surface area (Å²) in [4.78, 5) is 8.77. The molecule has 0 amide bonds. The van der Waals surface area contributed by atoms with Gasteiger partial charge >= 0.3 is 0 Å². The molecular formula is C31H48F2N2O. The van der Waals surface area contributed by atoms with Crippen LogP contribution >= 0.6 is 0 Å². The summed E-state index contributed by atoms with van der Waals surface area (Å²) in [5.74, 6) is 1.11. The van der Waals surface area contributed by atoms with Gasteiger partial charge in [0.15, 0.2) is 11.6 Å². The van der Waals surface area contributed by atoms with Crippen LogP contribution in [0.2, 0.25) is 0 Å². The van der Waals surface area contributed by atoms with Gasteiger partial charge in [-0.05, 0) is 24.8 Å². The molecule has 5 heteroatoms. The Balaban J connectivity index is 1.62. The van der Waals surface area contributed by atoms with E-state index in [9.17, 15) is 8.78 Å². The molecule has 0 spiro atoms. The Morgan fingerprint density at radius 3 is 1.81 bits per heavy atom. The van der Waals surface area contributed by atoms with Crippen LogP contribution in [0.5, 0.6) is 5.75 Å². The van der Waals surface area contributed by atoms with Crippen LogP contribution in [0.25, 0.3) is 11.4 Å². The lowest BCUT2D eigenvalue weighted by molar-refractivity contribution is 0.127. The van der Waals surface area contributed by atoms with Crippen molar-refractivity contribution in [3.05, 3.63) is 42.2 Å². The minimum atomic E-state index is -1.49. The second-order valence-electron chi connectivity index (χ2n) is 10.0. The number of nitrogens with zero attached hydrogens (tertiary/aromatic N) is 2. The minimum Gasteiger partial charge on any atom is -0.490 e. The fourth-order valence-electron chi connectivity index (χ4n) is 4.42. The number of unbranched alkanes of at least 4 members (excludes halogenated alkanes) is 11. The number of ether oxygens (including phenoxy) is 1. The predicted octanol–water partition coefficient (Wildman–Crippen LogP) is 9.63. The zero-order valence-corrected chi connectivity index (χ0v) is 22.7. The fourth-order valence-corrected chi connectivity index (χ4v) is 4.42. The Kier molecular flexibility index (Phi) is 16.0. The molecule has 0 aliphatic rings. The largest absolute Gasteiger partial charge is 0.490 e. The van der Waals surface area contributed by atoms with E-state index in [2.05, 4.69) is 48.1 Å². The number of hydrogen-bond donors (Lipinski definition) is 0. The second-order valence-corrected chi connectivity index (χ2v) is 10.0. The molecule has 202 valence electrons. The van der Waals surface area contributed by atoms with Gasteiger partial charge in [0, 0.05) is 12.0 Å². The van der Waals surface area contributed by atoms with Crippen LogP contribution < -0.4 is 4.74 Å². The molecule has 0 aliphatic heterocycles. The molecule has 2 aromatic rings. The normalized spacial score (nSPS) is 13.0. The third-order valence-electron chi connectivity index (χ3n) is 6.80. The van der Waals surface area contributed by atoms with E-state index in [-0.39, 0.29) is 19.4 Å². The highest BCUT2D eigenvalue weighted by Gasteiger charge is 2.19. The Bertz CT molecular complexity index is 782. The van der Waals surface area contributed by atoms with Crippen LogP contribution in [0.15, 0.2) is 36.7 Å². The Morgan fingerprint density at radius 1 is 0.667 bits per heavy atom. The van der Waals surface area contributed by atoms with E-state index in [0.717, 1.165) is 31.2 Å². The Labute approximate surface area is 218 Å². The van der Waals surface area contributed by atoms with E-state index in [1.807, 2.05) is 0 Å². The first-order valence-electron chi connectivity index (χ1n) is 14.5. The third kappa shape index (κ3) is 12.8. The molecule has 0 aliphatic carbocycles. The van der Waals surface area contributed by atoms with Crippen molar-refractivity contribution in [3.8, 4) is 17.1 Å². The highest BCUT2D eigenvalue weighted by atomic mass is 19.2. The first kappa shape index (κ1) is 30.2. The van der Waals surface area contributed by atoms with Gasteiger partial charge in [-0.25, -0.2) is 18.7 Å². The average Bonchev–Trinajstić information content (AvgIpc) is 2.90. The SMILES string of the molecule is CCCCCCCCCCCCc1ccc(-c2ncc(OCCC(F)C(F)CCCCC)cn2)cc1. The van der Waals surface area contributed by atoms with Crippen LogP contribution in [0, 0.1) is 0 Å². The Morgan fingerprint density at radius 2 is 1.19 bits per heavy atom. The van der Waals surface area contributed by atoms with Gasteiger partial charge < -0.3 is 4.74 Å². The first-order chi connectivity index (χ1) is 17.6. The molecule has 1 aromatic carbocycles. The van der Waals surface area contributed by atoms with Crippen molar-refractivity contribution in [1.82, 2.24) is 9.97 Å². The summed E-state index contributed by atoms with van der Waals surface area (Å²) in [6, 6.07) is 8.45. The number of hydrogen-bond acceptors (Lipinski definition) is 3. The molecule has 0 bridgehead atoms. The zero-order valence-electron chi connectivity index (χ0n) is 22.7. The summed E-state index contributed by atoms with van der Waals surface area (Å²) < 4.78 is 33.3. The molecule has 2 rings (SSSR count). The Hall–Kier alpha value is -2.04. The second kappa shape index (κ2) is 19.1. The summed E-state index contributed by atoms with van der Waals surface area (Å²) in [6.07, 6.45) is 17.9. The maximum Gasteiger partial charge on any atom is 0.159 e. The van der Waals surface area contributed by atoms with Crippen LogP contribution in [0.1, 0.15) is 116 Å². The van der Waals surface area contributed by atoms with E-state index >= 15 is 0 Å². The molecule has 3 nitrogen and oxygen atoms in total. The van der Waals surface area contributed by atoms with Gasteiger partial charge in [-0.1, -0.05) is 115 Å². The minimum absolute atomic E-state index is 0.0373. The lowest BCUT2D eigenvalue weighted by Gasteiger charge is -2.14. The zero-order chi connectivity index (χ0) is 25.8. The van der Waals surface area contributed by atoms with Gasteiger partial charge in [0.25, 0.3) is 0 Å². The van der Waals surface area contributed by atoms with Crippen molar-refractivity contribution in [3.63, 3.8) is 0 Å². The molecule has 0 saturated carbocycles. The molecule has 1 heterocycles. The first-order valence-corrected chi connectivity index (χ1v) is 14.5. The maximum atomic E-state index is 14.0. The quantitative estimate of drug-likeness (QED) is 0.159. The van der Waals surface area contributed by atoms with Gasteiger partial charge in [-0.2, -0.15) is 0 Å². The van der Waals surface area contributed by atoms with Gasteiger partial charge in [-0.15, -0.1) is 0 Å². The highest BCUT2D eigenvalue weighted by Crippen LogP contribution is 2.20. The van der Waals surface area contributed by atoms with Crippen LogP contribution in [-0.2, 0) is 6.42 Å². The van der Waals surface area contributed by atoms with E-state index in [1.54, 1.807) is 12.4 Å². The monoisotopic (exact) mass is 502 g/mol. The van der Waals surface area contributed by atoms with Crippen molar-refractivity contribution in [2.75, 3.05) is 6.61 Å². The third-order valence-corrected chi connectivity index (χ3v) is 6.80. The number of halogens is 2. The molecule has 0 fully saturated rings. The lowest BCUT2D eigenvalue weighted by atomic mass is 10.0. The number of alkyl halides is 2. The summed E-state index contributed by atoms with van der Waals surface area (Å²) in [7, 11) is 0. The van der Waals surface area contributed by atoms with Crippen molar-refractivity contribution < 1.29 is 13.5 Å². The summed E-state index contributed by atoms with van der Waals surface area (Å²) in [5.41, 5.74) is 2.31. The number of benzene rings is 1. The standard InChI is InChI=1S/C31H48F2N2O/c1-3-5-7-8-9-10-11-12-13-15-16-26-18-20-27(21-19-26)31-34-24-28(25-35-31)36-23-22-30(33)29(32)17-14-6-4-2/h18-21,24-25,29-30H,3-17,22-23H2,1-2H3. The van der Waals surface area contributed by atoms with Crippen molar-refractivity contribution in [2.24, 2.45) is 0 Å². The van der Waals surface area contributed by atoms with Crippen LogP contribution in [0.4, 0.5) is 8.78 Å². The summed E-state index contributed by atoms with van der Waals surface area (Å²) in [5, 5.41) is 0. The molecule has 0 saturated heterocycles. The number of rotatable bonds is 21. The van der Waals surface area contributed by atoms with Gasteiger partial charge in [-0.3, -0.25) is 0 Å². The molecule has 36 heavy (non-hydrogen) atoms. The lowest BCUT2D eigenvalue weighted by Crippen LogP contribution is -2.20. The molecule has 0 N–H and O–H groups in total. The van der Waals surface area contributed by atoms with Gasteiger partial charge in [0.05, 0.1) is 19.0 Å². The maximum absolute atomic E-state index is 14.0. The van der Waals surface area contributed by atoms with Crippen molar-refractivity contribution >= 4 is 0 Å². The van der Waals surface area contributed by atoms with Crippen molar-refractivity contribution in [2.45, 2.75) is 129 Å². The van der Waals surface area contributed by atoms with Crippen LogP contribution in [0.3, 0.4) is 0 Å². The van der Waals surface area contributed by atoms with E-state index < -0.39 is 12.3 Å². The topological polar surface area (TPSA) is 35.0 Å². The van der Waals surface area contributed by atoms with Crippen molar-refractivity contribution in [1.29, 1.82) is 0 Å².